The van der Waals surface area contributed by atoms with Crippen molar-refractivity contribution in [3.8, 4) is 5.75 Å². The Morgan fingerprint density at radius 3 is 2.54 bits per heavy atom. The number of carbonyl (C=O) groups excluding carboxylic acids is 2. The van der Waals surface area contributed by atoms with E-state index in [1.165, 1.54) is 12.1 Å². The first-order chi connectivity index (χ1) is 13.3. The van der Waals surface area contributed by atoms with Gasteiger partial charge in [-0.1, -0.05) is 46.4 Å². The summed E-state index contributed by atoms with van der Waals surface area (Å²) in [6.07, 6.45) is 0. The molecule has 28 heavy (non-hydrogen) atoms. The number of amides is 2. The zero-order valence-electron chi connectivity index (χ0n) is 14.4. The molecule has 1 aliphatic rings. The minimum Gasteiger partial charge on any atom is -0.482 e. The molecule has 0 aliphatic carbocycles. The van der Waals surface area contributed by atoms with E-state index in [9.17, 15) is 9.59 Å². The molecule has 3 rings (SSSR count). The molecule has 1 aliphatic heterocycles. The Labute approximate surface area is 181 Å². The van der Waals surface area contributed by atoms with Crippen LogP contribution in [0.4, 0.5) is 11.4 Å². The van der Waals surface area contributed by atoms with Crippen molar-refractivity contribution < 1.29 is 14.3 Å². The number of nitrogens with one attached hydrogen (secondary N) is 2. The molecule has 1 heterocycles. The minimum atomic E-state index is -0.400. The molecule has 0 aromatic heterocycles. The molecular formula is C18H15Cl4N3O3. The zero-order chi connectivity index (χ0) is 20.3. The van der Waals surface area contributed by atoms with Crippen LogP contribution in [0, 0.1) is 0 Å². The van der Waals surface area contributed by atoms with Crippen LogP contribution in [0.15, 0.2) is 30.3 Å². The van der Waals surface area contributed by atoms with Gasteiger partial charge in [0.15, 0.2) is 6.61 Å². The number of ether oxygens (including phenoxy) is 1. The normalized spacial score (nSPS) is 13.9. The van der Waals surface area contributed by atoms with Crippen molar-refractivity contribution in [2.75, 3.05) is 36.5 Å². The minimum absolute atomic E-state index is 0.0576. The average molecular weight is 463 g/mol. The molecule has 0 bridgehead atoms. The predicted molar refractivity (Wildman–Crippen MR) is 112 cm³/mol. The van der Waals surface area contributed by atoms with Gasteiger partial charge in [0.05, 0.1) is 32.3 Å². The highest BCUT2D eigenvalue weighted by Gasteiger charge is 2.19. The summed E-state index contributed by atoms with van der Waals surface area (Å²) < 4.78 is 5.39. The first-order valence-electron chi connectivity index (χ1n) is 8.22. The molecule has 0 unspecified atom stereocenters. The zero-order valence-corrected chi connectivity index (χ0v) is 17.4. The quantitative estimate of drug-likeness (QED) is 0.651. The molecule has 2 amide bonds. The van der Waals surface area contributed by atoms with E-state index in [2.05, 4.69) is 10.6 Å². The molecule has 2 N–H and O–H groups in total. The SMILES string of the molecule is O=C1CN(c2ccc(NC(=O)COc3cc(Cl)c(Cl)cc3Cl)cc2Cl)CCN1. The molecule has 2 aromatic carbocycles. The molecule has 1 saturated heterocycles. The number of benzene rings is 2. The number of hydrogen-bond donors (Lipinski definition) is 2. The van der Waals surface area contributed by atoms with Gasteiger partial charge in [-0.05, 0) is 24.3 Å². The van der Waals surface area contributed by atoms with Crippen molar-refractivity contribution in [2.45, 2.75) is 0 Å². The van der Waals surface area contributed by atoms with E-state index in [0.717, 1.165) is 5.69 Å². The highest BCUT2D eigenvalue weighted by atomic mass is 35.5. The van der Waals surface area contributed by atoms with Gasteiger partial charge in [-0.25, -0.2) is 0 Å². The van der Waals surface area contributed by atoms with Crippen LogP contribution in [0.2, 0.25) is 20.1 Å². The van der Waals surface area contributed by atoms with Crippen LogP contribution in [-0.2, 0) is 9.59 Å². The lowest BCUT2D eigenvalue weighted by Crippen LogP contribution is -2.47. The first kappa shape index (κ1) is 20.9. The lowest BCUT2D eigenvalue weighted by molar-refractivity contribution is -0.120. The summed E-state index contributed by atoms with van der Waals surface area (Å²) >= 11 is 24.1. The predicted octanol–water partition coefficient (Wildman–Crippen LogP) is 4.25. The summed E-state index contributed by atoms with van der Waals surface area (Å²) in [5, 5.41) is 6.70. The number of halogens is 4. The van der Waals surface area contributed by atoms with Crippen LogP contribution in [0.5, 0.6) is 5.75 Å². The van der Waals surface area contributed by atoms with Crippen molar-refractivity contribution in [2.24, 2.45) is 0 Å². The third-order valence-electron chi connectivity index (χ3n) is 3.94. The molecule has 2 aromatic rings. The van der Waals surface area contributed by atoms with Crippen LogP contribution in [0.1, 0.15) is 0 Å². The molecule has 0 spiro atoms. The van der Waals surface area contributed by atoms with Gasteiger partial charge < -0.3 is 20.3 Å². The third kappa shape index (κ3) is 5.14. The van der Waals surface area contributed by atoms with Gasteiger partial charge >= 0.3 is 0 Å². The fourth-order valence-corrected chi connectivity index (χ4v) is 3.53. The van der Waals surface area contributed by atoms with Crippen molar-refractivity contribution in [1.29, 1.82) is 0 Å². The van der Waals surface area contributed by atoms with Gasteiger partial charge in [0.25, 0.3) is 5.91 Å². The van der Waals surface area contributed by atoms with Crippen molar-refractivity contribution >= 4 is 69.6 Å². The van der Waals surface area contributed by atoms with E-state index in [0.29, 0.717) is 28.8 Å². The number of nitrogens with zero attached hydrogens (tertiary/aromatic N) is 1. The Morgan fingerprint density at radius 2 is 1.82 bits per heavy atom. The molecule has 10 heteroatoms. The Bertz CT molecular complexity index is 923. The second-order valence-corrected chi connectivity index (χ2v) is 7.60. The molecule has 1 fully saturated rings. The summed E-state index contributed by atoms with van der Waals surface area (Å²) in [6.45, 7) is 1.19. The maximum Gasteiger partial charge on any atom is 0.262 e. The average Bonchev–Trinajstić information content (AvgIpc) is 2.63. The van der Waals surface area contributed by atoms with Gasteiger partial charge in [0.1, 0.15) is 5.75 Å². The van der Waals surface area contributed by atoms with E-state index in [1.807, 2.05) is 4.90 Å². The summed E-state index contributed by atoms with van der Waals surface area (Å²) in [5.74, 6) is -0.205. The highest BCUT2D eigenvalue weighted by Crippen LogP contribution is 2.34. The van der Waals surface area contributed by atoms with Crippen molar-refractivity contribution in [3.05, 3.63) is 50.4 Å². The molecule has 6 nitrogen and oxygen atoms in total. The van der Waals surface area contributed by atoms with E-state index >= 15 is 0 Å². The summed E-state index contributed by atoms with van der Waals surface area (Å²) in [6, 6.07) is 7.97. The van der Waals surface area contributed by atoms with Gasteiger partial charge in [-0.3, -0.25) is 9.59 Å². The van der Waals surface area contributed by atoms with Crippen LogP contribution < -0.4 is 20.3 Å². The number of anilines is 2. The molecule has 0 radical (unpaired) electrons. The Kier molecular flexibility index (Phi) is 6.78. The third-order valence-corrected chi connectivity index (χ3v) is 5.26. The monoisotopic (exact) mass is 461 g/mol. The fourth-order valence-electron chi connectivity index (χ4n) is 2.64. The Hall–Kier alpha value is -1.86. The maximum absolute atomic E-state index is 12.1. The Morgan fingerprint density at radius 1 is 1.07 bits per heavy atom. The molecular weight excluding hydrogens is 448 g/mol. The first-order valence-corrected chi connectivity index (χ1v) is 9.73. The van der Waals surface area contributed by atoms with Crippen LogP contribution in [0.25, 0.3) is 0 Å². The van der Waals surface area contributed by atoms with Crippen molar-refractivity contribution in [1.82, 2.24) is 5.32 Å². The molecule has 0 saturated carbocycles. The summed E-state index contributed by atoms with van der Waals surface area (Å²) in [5.41, 5.74) is 1.23. The van der Waals surface area contributed by atoms with Gasteiger partial charge in [-0.2, -0.15) is 0 Å². The van der Waals surface area contributed by atoms with Crippen LogP contribution >= 0.6 is 46.4 Å². The van der Waals surface area contributed by atoms with E-state index in [-0.39, 0.29) is 34.9 Å². The van der Waals surface area contributed by atoms with Gasteiger partial charge in [0.2, 0.25) is 5.91 Å². The Balaban J connectivity index is 1.60. The number of hydrogen-bond acceptors (Lipinski definition) is 4. The van der Waals surface area contributed by atoms with E-state index < -0.39 is 5.91 Å². The second-order valence-electron chi connectivity index (χ2n) is 5.97. The lowest BCUT2D eigenvalue weighted by Gasteiger charge is -2.29. The number of piperazine rings is 1. The van der Waals surface area contributed by atoms with Crippen molar-refractivity contribution in [3.63, 3.8) is 0 Å². The van der Waals surface area contributed by atoms with E-state index in [4.69, 9.17) is 51.1 Å². The lowest BCUT2D eigenvalue weighted by atomic mass is 10.2. The second kappa shape index (κ2) is 9.09. The smallest absolute Gasteiger partial charge is 0.262 e. The fraction of sp³-hybridized carbons (Fsp3) is 0.222. The van der Waals surface area contributed by atoms with Gasteiger partial charge in [0, 0.05) is 24.8 Å². The largest absolute Gasteiger partial charge is 0.482 e. The van der Waals surface area contributed by atoms with E-state index in [1.54, 1.807) is 18.2 Å². The highest BCUT2D eigenvalue weighted by molar-refractivity contribution is 6.43. The molecule has 148 valence electrons. The van der Waals surface area contributed by atoms with Gasteiger partial charge in [-0.15, -0.1) is 0 Å². The summed E-state index contributed by atoms with van der Waals surface area (Å²) in [4.78, 5) is 25.6. The number of carbonyl (C=O) groups is 2. The number of rotatable bonds is 5. The maximum atomic E-state index is 12.1. The van der Waals surface area contributed by atoms with Crippen LogP contribution in [-0.4, -0.2) is 38.1 Å². The standard InChI is InChI=1S/C18H15Cl4N3O3/c19-11-6-14(22)16(7-12(11)20)28-9-18(27)24-10-1-2-15(13(21)5-10)25-4-3-23-17(26)8-25/h1-2,5-7H,3-4,8-9H2,(H,23,26)(H,24,27). The summed E-state index contributed by atoms with van der Waals surface area (Å²) in [7, 11) is 0. The van der Waals surface area contributed by atoms with Crippen LogP contribution in [0.3, 0.4) is 0 Å². The molecule has 0 atom stereocenters. The topological polar surface area (TPSA) is 70.7 Å².